The van der Waals surface area contributed by atoms with Crippen LogP contribution in [0.1, 0.15) is 26.3 Å². The van der Waals surface area contributed by atoms with E-state index in [1.54, 1.807) is 51.1 Å². The summed E-state index contributed by atoms with van der Waals surface area (Å²) < 4.78 is 10.2. The van der Waals surface area contributed by atoms with Crippen LogP contribution in [-0.2, 0) is 24.5 Å². The number of carbonyl (C=O) groups is 2. The van der Waals surface area contributed by atoms with Gasteiger partial charge in [-0.1, -0.05) is 42.5 Å². The molecule has 0 aromatic heterocycles. The molecular weight excluding hydrogens is 256 g/mol. The van der Waals surface area contributed by atoms with Gasteiger partial charge in [0.25, 0.3) is 0 Å². The fourth-order valence-electron chi connectivity index (χ4n) is 1.99. The van der Waals surface area contributed by atoms with E-state index in [-0.39, 0.29) is 13.2 Å². The van der Waals surface area contributed by atoms with Crippen LogP contribution in [0.3, 0.4) is 0 Å². The molecule has 0 saturated heterocycles. The van der Waals surface area contributed by atoms with E-state index in [2.05, 4.69) is 0 Å². The number of benzene rings is 1. The van der Waals surface area contributed by atoms with Crippen LogP contribution in [0.25, 0.3) is 0 Å². The Labute approximate surface area is 119 Å². The van der Waals surface area contributed by atoms with Crippen molar-refractivity contribution in [3.63, 3.8) is 0 Å². The molecular formula is C16H20O4. The van der Waals surface area contributed by atoms with Crippen molar-refractivity contribution in [2.45, 2.75) is 26.2 Å². The van der Waals surface area contributed by atoms with E-state index in [1.165, 1.54) is 6.08 Å². The minimum Gasteiger partial charge on any atom is -0.465 e. The van der Waals surface area contributed by atoms with Crippen molar-refractivity contribution >= 4 is 11.9 Å². The van der Waals surface area contributed by atoms with Crippen molar-refractivity contribution in [1.82, 2.24) is 0 Å². The Morgan fingerprint density at radius 2 is 1.55 bits per heavy atom. The lowest BCUT2D eigenvalue weighted by Gasteiger charge is -2.26. The third-order valence-electron chi connectivity index (χ3n) is 2.84. The summed E-state index contributed by atoms with van der Waals surface area (Å²) in [5.74, 6) is -1.24. The third-order valence-corrected chi connectivity index (χ3v) is 2.84. The monoisotopic (exact) mass is 276 g/mol. The van der Waals surface area contributed by atoms with Crippen molar-refractivity contribution in [1.29, 1.82) is 0 Å². The molecule has 0 amide bonds. The molecule has 0 aliphatic carbocycles. The lowest BCUT2D eigenvalue weighted by molar-refractivity contribution is -0.161. The van der Waals surface area contributed by atoms with Gasteiger partial charge in [-0.2, -0.15) is 0 Å². The van der Waals surface area contributed by atoms with Gasteiger partial charge in [0.1, 0.15) is 0 Å². The molecule has 108 valence electrons. The Bertz CT molecular complexity index is 459. The van der Waals surface area contributed by atoms with Crippen molar-refractivity contribution < 1.29 is 19.1 Å². The molecule has 4 heteroatoms. The Balaban J connectivity index is 3.42. The molecule has 0 atom stereocenters. The Kier molecular flexibility index (Phi) is 5.97. The van der Waals surface area contributed by atoms with E-state index < -0.39 is 17.4 Å². The van der Waals surface area contributed by atoms with E-state index >= 15 is 0 Å². The van der Waals surface area contributed by atoms with Gasteiger partial charge in [0.05, 0.1) is 13.2 Å². The van der Waals surface area contributed by atoms with E-state index in [9.17, 15) is 9.59 Å². The van der Waals surface area contributed by atoms with Gasteiger partial charge in [-0.05, 0) is 26.3 Å². The van der Waals surface area contributed by atoms with Gasteiger partial charge in [0.15, 0.2) is 0 Å². The molecule has 0 spiro atoms. The predicted molar refractivity (Wildman–Crippen MR) is 76.2 cm³/mol. The van der Waals surface area contributed by atoms with Crippen LogP contribution in [0.15, 0.2) is 42.5 Å². The number of carbonyl (C=O) groups excluding carboxylic acids is 2. The average Bonchev–Trinajstić information content (AvgIpc) is 2.46. The van der Waals surface area contributed by atoms with Crippen LogP contribution >= 0.6 is 0 Å². The second kappa shape index (κ2) is 7.48. The van der Waals surface area contributed by atoms with E-state index in [0.717, 1.165) is 0 Å². The second-order valence-corrected chi connectivity index (χ2v) is 4.11. The second-order valence-electron chi connectivity index (χ2n) is 4.11. The molecule has 1 aromatic carbocycles. The summed E-state index contributed by atoms with van der Waals surface area (Å²) in [5, 5.41) is 0. The predicted octanol–water partition coefficient (Wildman–Crippen LogP) is 2.63. The molecule has 1 rings (SSSR count). The first-order valence-electron chi connectivity index (χ1n) is 6.67. The summed E-state index contributed by atoms with van der Waals surface area (Å²) in [6.45, 7) is 5.55. The molecule has 0 saturated carbocycles. The minimum absolute atomic E-state index is 0.199. The summed E-state index contributed by atoms with van der Waals surface area (Å²) >= 11 is 0. The van der Waals surface area contributed by atoms with Crippen molar-refractivity contribution in [3.05, 3.63) is 48.0 Å². The normalized spacial score (nSPS) is 11.3. The van der Waals surface area contributed by atoms with Gasteiger partial charge in [-0.15, -0.1) is 0 Å². The fraction of sp³-hybridized carbons (Fsp3) is 0.375. The number of hydrogen-bond donors (Lipinski definition) is 0. The first-order chi connectivity index (χ1) is 9.63. The number of ether oxygens (including phenoxy) is 2. The lowest BCUT2D eigenvalue weighted by Crippen LogP contribution is -2.44. The van der Waals surface area contributed by atoms with Crippen LogP contribution in [-0.4, -0.2) is 25.2 Å². The van der Waals surface area contributed by atoms with Crippen LogP contribution in [0.4, 0.5) is 0 Å². The quantitative estimate of drug-likeness (QED) is 0.455. The molecule has 20 heavy (non-hydrogen) atoms. The summed E-state index contributed by atoms with van der Waals surface area (Å²) in [6.07, 6.45) is 3.18. The van der Waals surface area contributed by atoms with Crippen LogP contribution < -0.4 is 0 Å². The summed E-state index contributed by atoms with van der Waals surface area (Å²) in [4.78, 5) is 24.8. The SMILES string of the molecule is CC=CC(C(=O)OCC)(C(=O)OCC)c1ccccc1. The molecule has 0 aliphatic heterocycles. The highest BCUT2D eigenvalue weighted by atomic mass is 16.6. The van der Waals surface area contributed by atoms with Crippen LogP contribution in [0.2, 0.25) is 0 Å². The Hall–Kier alpha value is -2.10. The van der Waals surface area contributed by atoms with Gasteiger partial charge < -0.3 is 9.47 Å². The van der Waals surface area contributed by atoms with Gasteiger partial charge in [-0.3, -0.25) is 9.59 Å². The highest BCUT2D eigenvalue weighted by molar-refractivity contribution is 6.08. The maximum Gasteiger partial charge on any atom is 0.332 e. The van der Waals surface area contributed by atoms with Crippen molar-refractivity contribution in [2.24, 2.45) is 0 Å². The summed E-state index contributed by atoms with van der Waals surface area (Å²) in [5.41, 5.74) is -1.00. The average molecular weight is 276 g/mol. The largest absolute Gasteiger partial charge is 0.465 e. The fourth-order valence-corrected chi connectivity index (χ4v) is 1.99. The third kappa shape index (κ3) is 3.07. The van der Waals surface area contributed by atoms with E-state index in [0.29, 0.717) is 5.56 Å². The maximum atomic E-state index is 12.4. The molecule has 1 aromatic rings. The highest BCUT2D eigenvalue weighted by Gasteiger charge is 2.48. The molecule has 0 unspecified atom stereocenters. The van der Waals surface area contributed by atoms with Crippen LogP contribution in [0, 0.1) is 0 Å². The topological polar surface area (TPSA) is 52.6 Å². The molecule has 0 bridgehead atoms. The van der Waals surface area contributed by atoms with Crippen molar-refractivity contribution in [2.75, 3.05) is 13.2 Å². The van der Waals surface area contributed by atoms with E-state index in [1.807, 2.05) is 6.07 Å². The van der Waals surface area contributed by atoms with Crippen LogP contribution in [0.5, 0.6) is 0 Å². The zero-order chi connectivity index (χ0) is 15.0. The number of rotatable bonds is 6. The maximum absolute atomic E-state index is 12.4. The van der Waals surface area contributed by atoms with E-state index in [4.69, 9.17) is 9.47 Å². The van der Waals surface area contributed by atoms with Crippen molar-refractivity contribution in [3.8, 4) is 0 Å². The number of hydrogen-bond acceptors (Lipinski definition) is 4. The van der Waals surface area contributed by atoms with Gasteiger partial charge in [0, 0.05) is 0 Å². The van der Waals surface area contributed by atoms with Gasteiger partial charge in [0.2, 0.25) is 5.41 Å². The zero-order valence-corrected chi connectivity index (χ0v) is 12.1. The van der Waals surface area contributed by atoms with Gasteiger partial charge >= 0.3 is 11.9 Å². The smallest absolute Gasteiger partial charge is 0.332 e. The molecule has 0 fully saturated rings. The highest BCUT2D eigenvalue weighted by Crippen LogP contribution is 2.29. The molecule has 0 heterocycles. The summed E-state index contributed by atoms with van der Waals surface area (Å²) in [6, 6.07) is 8.79. The summed E-state index contributed by atoms with van der Waals surface area (Å²) in [7, 11) is 0. The number of allylic oxidation sites excluding steroid dienone is 1. The Morgan fingerprint density at radius 1 is 1.05 bits per heavy atom. The molecule has 4 nitrogen and oxygen atoms in total. The number of esters is 2. The first-order valence-corrected chi connectivity index (χ1v) is 6.67. The zero-order valence-electron chi connectivity index (χ0n) is 12.1. The molecule has 0 N–H and O–H groups in total. The first kappa shape index (κ1) is 16.0. The standard InChI is InChI=1S/C16H20O4/c1-4-12-16(14(17)19-5-2,15(18)20-6-3)13-10-8-7-9-11-13/h4,7-12H,5-6H2,1-3H3. The van der Waals surface area contributed by atoms with Gasteiger partial charge in [-0.25, -0.2) is 0 Å². The lowest BCUT2D eigenvalue weighted by atomic mass is 9.80. The Morgan fingerprint density at radius 3 is 1.95 bits per heavy atom. The minimum atomic E-state index is -1.54. The molecule has 0 aliphatic rings. The molecule has 0 radical (unpaired) electrons.